The van der Waals surface area contributed by atoms with Crippen molar-refractivity contribution in [1.82, 2.24) is 0 Å². The minimum atomic E-state index is -0.791. The van der Waals surface area contributed by atoms with Crippen LogP contribution in [0.4, 0.5) is 0 Å². The zero-order valence-corrected chi connectivity index (χ0v) is 22.8. The van der Waals surface area contributed by atoms with E-state index < -0.39 is 17.5 Å². The van der Waals surface area contributed by atoms with Crippen LogP contribution in [0.15, 0.2) is 35.5 Å². The molecule has 35 heavy (non-hydrogen) atoms. The number of esters is 1. The maximum Gasteiger partial charge on any atom is 0.333 e. The van der Waals surface area contributed by atoms with Crippen molar-refractivity contribution >= 4 is 11.9 Å². The molecule has 3 aliphatic carbocycles. The molecule has 0 unspecified atom stereocenters. The van der Waals surface area contributed by atoms with Gasteiger partial charge < -0.3 is 14.9 Å². The zero-order chi connectivity index (χ0) is 26.3. The summed E-state index contributed by atoms with van der Waals surface area (Å²) >= 11 is 0. The molecule has 0 aromatic rings. The molecule has 2 saturated carbocycles. The summed E-state index contributed by atoms with van der Waals surface area (Å²) < 4.78 is 4.86. The Bertz CT molecular complexity index is 931. The summed E-state index contributed by atoms with van der Waals surface area (Å²) in [6.45, 7) is 17.3. The van der Waals surface area contributed by atoms with Crippen molar-refractivity contribution in [2.75, 3.05) is 7.11 Å². The van der Waals surface area contributed by atoms with Crippen molar-refractivity contribution in [3.8, 4) is 0 Å². The van der Waals surface area contributed by atoms with Crippen molar-refractivity contribution in [2.24, 2.45) is 39.9 Å². The van der Waals surface area contributed by atoms with E-state index in [1.54, 1.807) is 0 Å². The molecule has 3 aliphatic rings. The lowest BCUT2D eigenvalue weighted by atomic mass is 9.44. The number of carbonyl (C=O) groups excluding carboxylic acids is 1. The molecule has 0 heterocycles. The van der Waals surface area contributed by atoms with Crippen LogP contribution in [0.25, 0.3) is 0 Å². The Morgan fingerprint density at radius 3 is 2.49 bits per heavy atom. The third kappa shape index (κ3) is 4.54. The number of aliphatic carboxylic acids is 1. The van der Waals surface area contributed by atoms with Gasteiger partial charge in [-0.2, -0.15) is 0 Å². The van der Waals surface area contributed by atoms with Gasteiger partial charge in [0.05, 0.1) is 13.2 Å². The Balaban J connectivity index is 1.97. The Kier molecular flexibility index (Phi) is 7.82. The first-order valence-electron chi connectivity index (χ1n) is 13.2. The monoisotopic (exact) mass is 486 g/mol. The van der Waals surface area contributed by atoms with E-state index in [1.165, 1.54) is 12.7 Å². The number of hydrogen-bond acceptors (Lipinski definition) is 4. The molecular weight excluding hydrogens is 440 g/mol. The van der Waals surface area contributed by atoms with Crippen molar-refractivity contribution in [3.05, 3.63) is 35.5 Å². The van der Waals surface area contributed by atoms with E-state index in [0.717, 1.165) is 31.3 Å². The molecule has 0 aromatic heterocycles. The second-order valence-corrected chi connectivity index (χ2v) is 12.4. The van der Waals surface area contributed by atoms with Crippen LogP contribution >= 0.6 is 0 Å². The summed E-state index contributed by atoms with van der Waals surface area (Å²) in [5.41, 5.74) is 2.66. The van der Waals surface area contributed by atoms with Gasteiger partial charge in [0, 0.05) is 17.9 Å². The molecule has 0 amide bonds. The number of methoxy groups -OCH3 is 1. The molecule has 0 bridgehead atoms. The molecular formula is C30H46O5. The molecule has 196 valence electrons. The molecule has 8 atom stereocenters. The number of carboxylic acid groups (broad SMARTS) is 1. The number of aliphatic hydroxyl groups excluding tert-OH is 1. The third-order valence-electron chi connectivity index (χ3n) is 10.6. The molecule has 2 fully saturated rings. The lowest BCUT2D eigenvalue weighted by molar-refractivity contribution is -0.138. The fraction of sp³-hybridized carbons (Fsp3) is 0.733. The minimum absolute atomic E-state index is 0.0304. The summed E-state index contributed by atoms with van der Waals surface area (Å²) in [7, 11) is 1.42. The highest BCUT2D eigenvalue weighted by Crippen LogP contribution is 2.71. The van der Waals surface area contributed by atoms with Crippen molar-refractivity contribution < 1.29 is 24.5 Å². The van der Waals surface area contributed by atoms with E-state index in [4.69, 9.17) is 4.74 Å². The Morgan fingerprint density at radius 1 is 1.26 bits per heavy atom. The number of aliphatic hydroxyl groups is 1. The van der Waals surface area contributed by atoms with Gasteiger partial charge in [-0.1, -0.05) is 57.6 Å². The lowest BCUT2D eigenvalue weighted by Crippen LogP contribution is -2.55. The van der Waals surface area contributed by atoms with Crippen LogP contribution in [0.5, 0.6) is 0 Å². The van der Waals surface area contributed by atoms with Crippen LogP contribution in [0, 0.1) is 39.9 Å². The predicted molar refractivity (Wildman–Crippen MR) is 139 cm³/mol. The van der Waals surface area contributed by atoms with E-state index in [0.29, 0.717) is 30.3 Å². The molecule has 5 heteroatoms. The molecule has 0 spiro atoms. The van der Waals surface area contributed by atoms with Gasteiger partial charge in [0.15, 0.2) is 0 Å². The predicted octanol–water partition coefficient (Wildman–Crippen LogP) is 6.33. The number of carboxylic acids is 1. The lowest BCUT2D eigenvalue weighted by Gasteiger charge is -2.61. The normalized spacial score (nSPS) is 39.8. The standard InChI is InChI=1S/C30H46O5/c1-18(2)26-24(31)17-23-22(28(26,5)14-13-25(32)33)12-16-29(6)21(11-15-30(23,29)7)19(3)9-10-20(4)27(34)35-8/h10,12,19,21,23-24,26,31H,1,9,11,13-17H2,2-8H3,(H,32,33)/t19-,21-,23-,24-,26-,28-,29-,30+/m1/s1. The summed E-state index contributed by atoms with van der Waals surface area (Å²) in [5.74, 6) is -0.0237. The van der Waals surface area contributed by atoms with Crippen LogP contribution < -0.4 is 0 Å². The number of hydrogen-bond donors (Lipinski definition) is 2. The van der Waals surface area contributed by atoms with Gasteiger partial charge >= 0.3 is 11.9 Å². The Morgan fingerprint density at radius 2 is 1.91 bits per heavy atom. The summed E-state index contributed by atoms with van der Waals surface area (Å²) in [6, 6.07) is 0. The van der Waals surface area contributed by atoms with Crippen LogP contribution in [0.2, 0.25) is 0 Å². The van der Waals surface area contributed by atoms with Gasteiger partial charge in [-0.15, -0.1) is 0 Å². The molecule has 2 N–H and O–H groups in total. The molecule has 5 nitrogen and oxygen atoms in total. The quantitative estimate of drug-likeness (QED) is 0.238. The fourth-order valence-corrected chi connectivity index (χ4v) is 8.47. The molecule has 0 radical (unpaired) electrons. The van der Waals surface area contributed by atoms with Crippen LogP contribution in [-0.2, 0) is 14.3 Å². The number of fused-ring (bicyclic) bond motifs is 3. The summed E-state index contributed by atoms with van der Waals surface area (Å²) in [6.07, 6.45) is 9.26. The Labute approximate surface area is 211 Å². The molecule has 3 rings (SSSR count). The van der Waals surface area contributed by atoms with Crippen LogP contribution in [0.1, 0.15) is 86.5 Å². The first-order chi connectivity index (χ1) is 16.2. The van der Waals surface area contributed by atoms with E-state index >= 15 is 0 Å². The number of allylic oxidation sites excluding steroid dienone is 3. The van der Waals surface area contributed by atoms with E-state index in [-0.39, 0.29) is 35.1 Å². The van der Waals surface area contributed by atoms with Crippen molar-refractivity contribution in [1.29, 1.82) is 0 Å². The first-order valence-corrected chi connectivity index (χ1v) is 13.2. The topological polar surface area (TPSA) is 83.8 Å². The maximum absolute atomic E-state index is 11.8. The largest absolute Gasteiger partial charge is 0.481 e. The number of ether oxygens (including phenoxy) is 1. The summed E-state index contributed by atoms with van der Waals surface area (Å²) in [4.78, 5) is 23.4. The molecule has 0 aliphatic heterocycles. The number of carbonyl (C=O) groups is 2. The van der Waals surface area contributed by atoms with E-state index in [2.05, 4.69) is 40.3 Å². The Hall–Kier alpha value is -1.88. The molecule has 0 saturated heterocycles. The van der Waals surface area contributed by atoms with Gasteiger partial charge in [-0.25, -0.2) is 4.79 Å². The van der Waals surface area contributed by atoms with E-state index in [1.807, 2.05) is 19.9 Å². The highest BCUT2D eigenvalue weighted by molar-refractivity contribution is 5.87. The smallest absolute Gasteiger partial charge is 0.333 e. The maximum atomic E-state index is 11.8. The summed E-state index contributed by atoms with van der Waals surface area (Å²) in [5, 5.41) is 20.9. The fourth-order valence-electron chi connectivity index (χ4n) is 8.47. The zero-order valence-electron chi connectivity index (χ0n) is 22.8. The highest BCUT2D eigenvalue weighted by Gasteiger charge is 2.64. The molecule has 0 aromatic carbocycles. The number of rotatable bonds is 8. The SMILES string of the molecule is C=C(C)[C@@H]1[C@H](O)C[C@@H]2C(=CC[C@]3(C)[C@@H]([C@H](C)CC=C(C)C(=O)OC)CC[C@@]23C)[C@@]1(C)CCC(=O)O. The van der Waals surface area contributed by atoms with Crippen LogP contribution in [-0.4, -0.2) is 35.4 Å². The average Bonchev–Trinajstić information content (AvgIpc) is 3.06. The van der Waals surface area contributed by atoms with Gasteiger partial charge in [0.2, 0.25) is 0 Å². The highest BCUT2D eigenvalue weighted by atomic mass is 16.5. The van der Waals surface area contributed by atoms with Gasteiger partial charge in [0.1, 0.15) is 0 Å². The van der Waals surface area contributed by atoms with Gasteiger partial charge in [0.25, 0.3) is 0 Å². The van der Waals surface area contributed by atoms with Gasteiger partial charge in [-0.3, -0.25) is 4.79 Å². The van der Waals surface area contributed by atoms with Crippen LogP contribution in [0.3, 0.4) is 0 Å². The second-order valence-electron chi connectivity index (χ2n) is 12.4. The van der Waals surface area contributed by atoms with Gasteiger partial charge in [-0.05, 0) is 86.4 Å². The van der Waals surface area contributed by atoms with Crippen molar-refractivity contribution in [2.45, 2.75) is 92.6 Å². The van der Waals surface area contributed by atoms with E-state index in [9.17, 15) is 19.8 Å². The minimum Gasteiger partial charge on any atom is -0.481 e. The third-order valence-corrected chi connectivity index (χ3v) is 10.6. The first kappa shape index (κ1) is 27.7. The average molecular weight is 487 g/mol. The second kappa shape index (κ2) is 9.88. The van der Waals surface area contributed by atoms with Crippen molar-refractivity contribution in [3.63, 3.8) is 0 Å².